The van der Waals surface area contributed by atoms with Crippen molar-refractivity contribution in [3.05, 3.63) is 23.9 Å². The molecule has 1 aromatic rings. The number of hydrogen-bond donors (Lipinski definition) is 1. The van der Waals surface area contributed by atoms with E-state index in [0.29, 0.717) is 13.0 Å². The summed E-state index contributed by atoms with van der Waals surface area (Å²) in [5.74, 6) is 1.13. The molecule has 1 aromatic heterocycles. The number of carbonyl (C=O) groups is 1. The molecule has 1 fully saturated rings. The van der Waals surface area contributed by atoms with Crippen LogP contribution in [0.25, 0.3) is 0 Å². The van der Waals surface area contributed by atoms with Crippen LogP contribution in [0.1, 0.15) is 12.0 Å². The SMILES string of the molecule is Cc1cccnc1N1CCNC(=O)CC1. The fourth-order valence-electron chi connectivity index (χ4n) is 1.79. The van der Waals surface area contributed by atoms with Crippen LogP contribution in [0.2, 0.25) is 0 Å². The Balaban J connectivity index is 2.16. The van der Waals surface area contributed by atoms with Gasteiger partial charge in [-0.1, -0.05) is 6.07 Å². The van der Waals surface area contributed by atoms with Crippen molar-refractivity contribution in [3.63, 3.8) is 0 Å². The van der Waals surface area contributed by atoms with Crippen molar-refractivity contribution in [1.29, 1.82) is 0 Å². The number of aromatic nitrogens is 1. The number of carbonyl (C=O) groups excluding carboxylic acids is 1. The minimum Gasteiger partial charge on any atom is -0.354 e. The molecule has 2 rings (SSSR count). The van der Waals surface area contributed by atoms with Crippen LogP contribution in [-0.4, -0.2) is 30.5 Å². The van der Waals surface area contributed by atoms with Gasteiger partial charge in [0.05, 0.1) is 0 Å². The van der Waals surface area contributed by atoms with Gasteiger partial charge in [0.2, 0.25) is 5.91 Å². The molecule has 0 saturated carbocycles. The number of amides is 1. The Morgan fingerprint density at radius 3 is 3.13 bits per heavy atom. The zero-order valence-electron chi connectivity index (χ0n) is 8.86. The van der Waals surface area contributed by atoms with Crippen LogP contribution in [0.5, 0.6) is 0 Å². The molecule has 1 amide bonds. The van der Waals surface area contributed by atoms with Gasteiger partial charge in [0.15, 0.2) is 0 Å². The van der Waals surface area contributed by atoms with E-state index in [9.17, 15) is 4.79 Å². The first-order valence-electron chi connectivity index (χ1n) is 5.20. The second kappa shape index (κ2) is 4.29. The van der Waals surface area contributed by atoms with Crippen molar-refractivity contribution < 1.29 is 4.79 Å². The molecule has 0 unspecified atom stereocenters. The molecule has 80 valence electrons. The van der Waals surface area contributed by atoms with Gasteiger partial charge in [-0.25, -0.2) is 4.98 Å². The number of pyridine rings is 1. The van der Waals surface area contributed by atoms with Crippen LogP contribution in [0, 0.1) is 6.92 Å². The Kier molecular flexibility index (Phi) is 2.85. The number of nitrogens with one attached hydrogen (secondary N) is 1. The number of aryl methyl sites for hydroxylation is 1. The Hall–Kier alpha value is -1.58. The first-order chi connectivity index (χ1) is 7.27. The maximum Gasteiger partial charge on any atom is 0.221 e. The molecule has 1 aliphatic heterocycles. The van der Waals surface area contributed by atoms with Gasteiger partial charge < -0.3 is 10.2 Å². The minimum atomic E-state index is 0.131. The van der Waals surface area contributed by atoms with Crippen LogP contribution < -0.4 is 10.2 Å². The first-order valence-corrected chi connectivity index (χ1v) is 5.20. The highest BCUT2D eigenvalue weighted by Crippen LogP contribution is 2.16. The van der Waals surface area contributed by atoms with E-state index in [2.05, 4.69) is 15.2 Å². The summed E-state index contributed by atoms with van der Waals surface area (Å²) in [6, 6.07) is 3.97. The quantitative estimate of drug-likeness (QED) is 0.734. The molecule has 1 saturated heterocycles. The van der Waals surface area contributed by atoms with Gasteiger partial charge in [-0.2, -0.15) is 0 Å². The van der Waals surface area contributed by atoms with Gasteiger partial charge >= 0.3 is 0 Å². The Bertz CT molecular complexity index is 365. The Morgan fingerprint density at radius 1 is 1.47 bits per heavy atom. The van der Waals surface area contributed by atoms with E-state index in [1.54, 1.807) is 6.20 Å². The van der Waals surface area contributed by atoms with E-state index in [1.807, 2.05) is 19.1 Å². The average Bonchev–Trinajstić information content (AvgIpc) is 2.44. The molecule has 1 aliphatic rings. The third-order valence-corrected chi connectivity index (χ3v) is 2.59. The molecular formula is C11H15N3O. The van der Waals surface area contributed by atoms with E-state index in [1.165, 1.54) is 0 Å². The van der Waals surface area contributed by atoms with Crippen molar-refractivity contribution in [3.8, 4) is 0 Å². The van der Waals surface area contributed by atoms with Gasteiger partial charge in [-0.15, -0.1) is 0 Å². The molecule has 0 atom stereocenters. The van der Waals surface area contributed by atoms with Crippen LogP contribution in [-0.2, 0) is 4.79 Å². The summed E-state index contributed by atoms with van der Waals surface area (Å²) < 4.78 is 0. The topological polar surface area (TPSA) is 45.2 Å². The summed E-state index contributed by atoms with van der Waals surface area (Å²) in [5, 5.41) is 2.86. The van der Waals surface area contributed by atoms with Gasteiger partial charge in [-0.3, -0.25) is 4.79 Å². The highest BCUT2D eigenvalue weighted by molar-refractivity contribution is 5.77. The summed E-state index contributed by atoms with van der Waals surface area (Å²) in [7, 11) is 0. The molecule has 0 aliphatic carbocycles. The van der Waals surface area contributed by atoms with Crippen molar-refractivity contribution in [1.82, 2.24) is 10.3 Å². The summed E-state index contributed by atoms with van der Waals surface area (Å²) in [5.41, 5.74) is 1.16. The van der Waals surface area contributed by atoms with Crippen LogP contribution in [0.3, 0.4) is 0 Å². The molecule has 0 spiro atoms. The second-order valence-electron chi connectivity index (χ2n) is 3.73. The first kappa shape index (κ1) is 9.96. The lowest BCUT2D eigenvalue weighted by atomic mass is 10.2. The minimum absolute atomic E-state index is 0.131. The monoisotopic (exact) mass is 205 g/mol. The van der Waals surface area contributed by atoms with E-state index in [4.69, 9.17) is 0 Å². The average molecular weight is 205 g/mol. The molecule has 0 radical (unpaired) electrons. The van der Waals surface area contributed by atoms with Gasteiger partial charge in [-0.05, 0) is 18.6 Å². The van der Waals surface area contributed by atoms with Gasteiger partial charge in [0.25, 0.3) is 0 Å². The Labute approximate surface area is 89.3 Å². The van der Waals surface area contributed by atoms with Gasteiger partial charge in [0.1, 0.15) is 5.82 Å². The van der Waals surface area contributed by atoms with E-state index in [0.717, 1.165) is 24.5 Å². The van der Waals surface area contributed by atoms with Crippen LogP contribution in [0.15, 0.2) is 18.3 Å². The zero-order valence-corrected chi connectivity index (χ0v) is 8.86. The predicted molar refractivity (Wildman–Crippen MR) is 58.8 cm³/mol. The lowest BCUT2D eigenvalue weighted by Crippen LogP contribution is -2.29. The molecule has 15 heavy (non-hydrogen) atoms. The summed E-state index contributed by atoms with van der Waals surface area (Å²) in [4.78, 5) is 17.7. The smallest absolute Gasteiger partial charge is 0.221 e. The van der Waals surface area contributed by atoms with Crippen molar-refractivity contribution in [2.24, 2.45) is 0 Å². The Morgan fingerprint density at radius 2 is 2.33 bits per heavy atom. The molecular weight excluding hydrogens is 190 g/mol. The van der Waals surface area contributed by atoms with Crippen LogP contribution >= 0.6 is 0 Å². The number of nitrogens with zero attached hydrogens (tertiary/aromatic N) is 2. The molecule has 4 nitrogen and oxygen atoms in total. The summed E-state index contributed by atoms with van der Waals surface area (Å²) >= 11 is 0. The normalized spacial score (nSPS) is 17.1. The second-order valence-corrected chi connectivity index (χ2v) is 3.73. The fraction of sp³-hybridized carbons (Fsp3) is 0.455. The van der Waals surface area contributed by atoms with E-state index in [-0.39, 0.29) is 5.91 Å². The third-order valence-electron chi connectivity index (χ3n) is 2.59. The highest BCUT2D eigenvalue weighted by Gasteiger charge is 2.15. The lowest BCUT2D eigenvalue weighted by Gasteiger charge is -2.22. The van der Waals surface area contributed by atoms with Crippen molar-refractivity contribution in [2.75, 3.05) is 24.5 Å². The summed E-state index contributed by atoms with van der Waals surface area (Å²) in [6.07, 6.45) is 2.35. The van der Waals surface area contributed by atoms with E-state index < -0.39 is 0 Å². The zero-order chi connectivity index (χ0) is 10.7. The molecule has 4 heteroatoms. The third kappa shape index (κ3) is 2.26. The largest absolute Gasteiger partial charge is 0.354 e. The lowest BCUT2D eigenvalue weighted by molar-refractivity contribution is -0.120. The maximum atomic E-state index is 11.2. The van der Waals surface area contributed by atoms with Crippen molar-refractivity contribution >= 4 is 11.7 Å². The van der Waals surface area contributed by atoms with E-state index >= 15 is 0 Å². The number of hydrogen-bond acceptors (Lipinski definition) is 3. The van der Waals surface area contributed by atoms with Crippen LogP contribution in [0.4, 0.5) is 5.82 Å². The summed E-state index contributed by atoms with van der Waals surface area (Å²) in [6.45, 7) is 4.34. The number of anilines is 1. The van der Waals surface area contributed by atoms with Crippen molar-refractivity contribution in [2.45, 2.75) is 13.3 Å². The molecule has 0 aromatic carbocycles. The molecule has 2 heterocycles. The maximum absolute atomic E-state index is 11.2. The van der Waals surface area contributed by atoms with Gasteiger partial charge in [0, 0.05) is 32.3 Å². The molecule has 1 N–H and O–H groups in total. The fourth-order valence-corrected chi connectivity index (χ4v) is 1.79. The molecule has 0 bridgehead atoms. The number of rotatable bonds is 1. The predicted octanol–water partition coefficient (Wildman–Crippen LogP) is 0.716. The highest BCUT2D eigenvalue weighted by atomic mass is 16.1. The standard InChI is InChI=1S/C11H15N3O/c1-9-3-2-5-13-11(9)14-7-4-10(15)12-6-8-14/h2-3,5H,4,6-8H2,1H3,(H,12,15).